The van der Waals surface area contributed by atoms with Gasteiger partial charge in [-0.3, -0.25) is 10.1 Å². The fourth-order valence-corrected chi connectivity index (χ4v) is 4.07. The summed E-state index contributed by atoms with van der Waals surface area (Å²) in [5.74, 6) is 0.611. The number of aromatic nitrogens is 3. The molecular weight excluding hydrogens is 368 g/mol. The van der Waals surface area contributed by atoms with Gasteiger partial charge in [0.2, 0.25) is 11.0 Å². The second-order valence-corrected chi connectivity index (χ2v) is 8.16. The summed E-state index contributed by atoms with van der Waals surface area (Å²) in [4.78, 5) is 17.1. The maximum Gasteiger partial charge on any atom is 0.239 e. The molecule has 1 N–H and O–H groups in total. The van der Waals surface area contributed by atoms with Crippen LogP contribution in [0.2, 0.25) is 0 Å². The number of aryl methyl sites for hydroxylation is 2. The first-order chi connectivity index (χ1) is 12.5. The summed E-state index contributed by atoms with van der Waals surface area (Å²) in [5, 5.41) is 13.8. The van der Waals surface area contributed by atoms with Crippen molar-refractivity contribution in [3.63, 3.8) is 0 Å². The molecule has 2 heterocycles. The molecule has 8 heteroatoms. The number of amides is 1. The van der Waals surface area contributed by atoms with Gasteiger partial charge in [-0.2, -0.15) is 0 Å². The highest BCUT2D eigenvalue weighted by Crippen LogP contribution is 2.31. The molecule has 6 nitrogen and oxygen atoms in total. The van der Waals surface area contributed by atoms with Crippen LogP contribution in [0, 0.1) is 6.92 Å². The van der Waals surface area contributed by atoms with Gasteiger partial charge in [-0.1, -0.05) is 42.2 Å². The van der Waals surface area contributed by atoms with E-state index in [0.717, 1.165) is 38.7 Å². The quantitative estimate of drug-likeness (QED) is 0.641. The third kappa shape index (κ3) is 3.96. The number of benzene rings is 1. The maximum atomic E-state index is 12.4. The predicted octanol–water partition coefficient (Wildman–Crippen LogP) is 4.09. The summed E-state index contributed by atoms with van der Waals surface area (Å²) in [5.41, 5.74) is 1.91. The van der Waals surface area contributed by atoms with Crippen molar-refractivity contribution < 1.29 is 9.53 Å². The molecule has 1 atom stereocenters. The van der Waals surface area contributed by atoms with Gasteiger partial charge in [-0.05, 0) is 38.0 Å². The fourth-order valence-electron chi connectivity index (χ4n) is 2.48. The standard InChI is InChI=1S/C18H20N4O2S2/c1-5-14-21-22-18(26-14)20-17(23)11(3)25-15-9-10(2)12-7-6-8-13(24-4)16(12)19-15/h6-9,11H,5H2,1-4H3,(H,20,22,23). The van der Waals surface area contributed by atoms with Crippen LogP contribution < -0.4 is 10.1 Å². The summed E-state index contributed by atoms with van der Waals surface area (Å²) in [6, 6.07) is 7.85. The predicted molar refractivity (Wildman–Crippen MR) is 106 cm³/mol. The summed E-state index contributed by atoms with van der Waals surface area (Å²) in [7, 11) is 1.63. The van der Waals surface area contributed by atoms with Crippen molar-refractivity contribution in [2.75, 3.05) is 12.4 Å². The van der Waals surface area contributed by atoms with Crippen molar-refractivity contribution in [1.29, 1.82) is 0 Å². The zero-order valence-corrected chi connectivity index (χ0v) is 16.7. The van der Waals surface area contributed by atoms with Crippen molar-refractivity contribution in [2.24, 2.45) is 0 Å². The highest BCUT2D eigenvalue weighted by molar-refractivity contribution is 8.00. The van der Waals surface area contributed by atoms with E-state index in [1.54, 1.807) is 7.11 Å². The monoisotopic (exact) mass is 388 g/mol. The zero-order chi connectivity index (χ0) is 18.7. The average molecular weight is 389 g/mol. The van der Waals surface area contributed by atoms with E-state index in [9.17, 15) is 4.79 Å². The largest absolute Gasteiger partial charge is 0.494 e. The Balaban J connectivity index is 1.78. The molecule has 0 bridgehead atoms. The van der Waals surface area contributed by atoms with Gasteiger partial charge in [-0.25, -0.2) is 4.98 Å². The molecule has 0 spiro atoms. The highest BCUT2D eigenvalue weighted by Gasteiger charge is 2.18. The Hall–Kier alpha value is -2.19. The van der Waals surface area contributed by atoms with Gasteiger partial charge in [0, 0.05) is 5.39 Å². The lowest BCUT2D eigenvalue weighted by Crippen LogP contribution is -2.22. The number of carbonyl (C=O) groups excluding carboxylic acids is 1. The molecule has 0 radical (unpaired) electrons. The molecule has 26 heavy (non-hydrogen) atoms. The van der Waals surface area contributed by atoms with E-state index in [4.69, 9.17) is 4.74 Å². The Morgan fingerprint density at radius 2 is 2.19 bits per heavy atom. The number of hydrogen-bond donors (Lipinski definition) is 1. The van der Waals surface area contributed by atoms with Gasteiger partial charge < -0.3 is 4.74 Å². The number of pyridine rings is 1. The van der Waals surface area contributed by atoms with Crippen LogP contribution in [0.25, 0.3) is 10.9 Å². The van der Waals surface area contributed by atoms with Gasteiger partial charge in [-0.15, -0.1) is 10.2 Å². The second-order valence-electron chi connectivity index (χ2n) is 5.74. The molecule has 0 saturated carbocycles. The molecule has 136 valence electrons. The Morgan fingerprint density at radius 1 is 1.38 bits per heavy atom. The molecule has 1 unspecified atom stereocenters. The van der Waals surface area contributed by atoms with E-state index in [1.807, 2.05) is 45.0 Å². The molecule has 1 amide bonds. The van der Waals surface area contributed by atoms with E-state index in [0.29, 0.717) is 5.13 Å². The summed E-state index contributed by atoms with van der Waals surface area (Å²) in [6.07, 6.45) is 0.806. The van der Waals surface area contributed by atoms with Crippen molar-refractivity contribution in [2.45, 2.75) is 37.5 Å². The number of rotatable bonds is 6. The van der Waals surface area contributed by atoms with Crippen LogP contribution in [-0.4, -0.2) is 33.4 Å². The normalized spacial score (nSPS) is 12.2. The number of thioether (sulfide) groups is 1. The van der Waals surface area contributed by atoms with Crippen LogP contribution in [0.5, 0.6) is 5.75 Å². The Labute approximate surface area is 160 Å². The van der Waals surface area contributed by atoms with Crippen molar-refractivity contribution >= 4 is 45.0 Å². The first kappa shape index (κ1) is 18.6. The molecule has 0 saturated heterocycles. The van der Waals surface area contributed by atoms with Crippen LogP contribution in [-0.2, 0) is 11.2 Å². The minimum Gasteiger partial charge on any atom is -0.494 e. The molecule has 0 fully saturated rings. The number of fused-ring (bicyclic) bond motifs is 1. The Bertz CT molecular complexity index is 942. The zero-order valence-electron chi connectivity index (χ0n) is 15.1. The Morgan fingerprint density at radius 3 is 2.88 bits per heavy atom. The van der Waals surface area contributed by atoms with E-state index >= 15 is 0 Å². The number of carbonyl (C=O) groups is 1. The third-order valence-corrected chi connectivity index (χ3v) is 5.87. The molecule has 2 aromatic heterocycles. The number of ether oxygens (including phenoxy) is 1. The van der Waals surface area contributed by atoms with Crippen molar-refractivity contribution in [1.82, 2.24) is 15.2 Å². The van der Waals surface area contributed by atoms with Crippen LogP contribution in [0.1, 0.15) is 24.4 Å². The molecule has 0 aliphatic heterocycles. The van der Waals surface area contributed by atoms with Gasteiger partial charge in [0.15, 0.2) is 0 Å². The van der Waals surface area contributed by atoms with Crippen LogP contribution in [0.15, 0.2) is 29.3 Å². The minimum atomic E-state index is -0.317. The summed E-state index contributed by atoms with van der Waals surface area (Å²) < 4.78 is 5.42. The lowest BCUT2D eigenvalue weighted by molar-refractivity contribution is -0.115. The van der Waals surface area contributed by atoms with Gasteiger partial charge in [0.05, 0.1) is 17.4 Å². The third-order valence-electron chi connectivity index (χ3n) is 3.87. The van der Waals surface area contributed by atoms with Crippen molar-refractivity contribution in [3.05, 3.63) is 34.8 Å². The highest BCUT2D eigenvalue weighted by atomic mass is 32.2. The van der Waals surface area contributed by atoms with E-state index in [2.05, 4.69) is 20.5 Å². The molecule has 0 aliphatic rings. The fraction of sp³-hybridized carbons (Fsp3) is 0.333. The van der Waals surface area contributed by atoms with E-state index < -0.39 is 0 Å². The number of nitrogens with one attached hydrogen (secondary N) is 1. The molecule has 3 aromatic rings. The second kappa shape index (κ2) is 8.01. The first-order valence-electron chi connectivity index (χ1n) is 8.26. The van der Waals surface area contributed by atoms with Crippen LogP contribution >= 0.6 is 23.1 Å². The number of para-hydroxylation sites is 1. The van der Waals surface area contributed by atoms with Crippen molar-refractivity contribution in [3.8, 4) is 5.75 Å². The Kier molecular flexibility index (Phi) is 5.73. The topological polar surface area (TPSA) is 77.0 Å². The van der Waals surface area contributed by atoms with E-state index in [1.165, 1.54) is 23.1 Å². The molecule has 1 aromatic carbocycles. The van der Waals surface area contributed by atoms with Gasteiger partial charge in [0.25, 0.3) is 0 Å². The smallest absolute Gasteiger partial charge is 0.239 e. The number of hydrogen-bond acceptors (Lipinski definition) is 7. The van der Waals surface area contributed by atoms with Gasteiger partial charge in [0.1, 0.15) is 16.3 Å². The lowest BCUT2D eigenvalue weighted by atomic mass is 10.1. The summed E-state index contributed by atoms with van der Waals surface area (Å²) in [6.45, 7) is 5.89. The minimum absolute atomic E-state index is 0.117. The average Bonchev–Trinajstić information content (AvgIpc) is 3.08. The molecule has 3 rings (SSSR count). The first-order valence-corrected chi connectivity index (χ1v) is 9.95. The number of anilines is 1. The number of nitrogens with zero attached hydrogens (tertiary/aromatic N) is 3. The lowest BCUT2D eigenvalue weighted by Gasteiger charge is -2.12. The van der Waals surface area contributed by atoms with Gasteiger partial charge >= 0.3 is 0 Å². The SMILES string of the molecule is CCc1nnc(NC(=O)C(C)Sc2cc(C)c3cccc(OC)c3n2)s1. The maximum absolute atomic E-state index is 12.4. The van der Waals surface area contributed by atoms with Crippen LogP contribution in [0.3, 0.4) is 0 Å². The molecular formula is C18H20N4O2S2. The summed E-state index contributed by atoms with van der Waals surface area (Å²) >= 11 is 2.81. The number of methoxy groups -OCH3 is 1. The molecule has 0 aliphatic carbocycles. The van der Waals surface area contributed by atoms with Crippen LogP contribution in [0.4, 0.5) is 5.13 Å². The van der Waals surface area contributed by atoms with E-state index in [-0.39, 0.29) is 11.2 Å².